The zero-order valence-corrected chi connectivity index (χ0v) is 10.2. The molecule has 3 rings (SSSR count). The van der Waals surface area contributed by atoms with E-state index >= 15 is 0 Å². The van der Waals surface area contributed by atoms with Crippen LogP contribution in [0.15, 0.2) is 60.7 Å². The monoisotopic (exact) mass is 233 g/mol. The van der Waals surface area contributed by atoms with E-state index in [4.69, 9.17) is 0 Å². The quantitative estimate of drug-likeness (QED) is 0.683. The summed E-state index contributed by atoms with van der Waals surface area (Å²) in [5, 5.41) is 0. The predicted molar refractivity (Wildman–Crippen MR) is 75.5 cm³/mol. The molecule has 1 saturated heterocycles. The lowest BCUT2D eigenvalue weighted by Gasteiger charge is -2.39. The second-order valence-electron chi connectivity index (χ2n) is 4.47. The van der Waals surface area contributed by atoms with Crippen molar-refractivity contribution in [2.45, 2.75) is 12.5 Å². The molecule has 0 N–H and O–H groups in total. The Balaban J connectivity index is 1.74. The first-order valence-corrected chi connectivity index (χ1v) is 6.32. The van der Waals surface area contributed by atoms with Crippen LogP contribution in [-0.4, -0.2) is 12.6 Å². The second kappa shape index (κ2) is 4.98. The van der Waals surface area contributed by atoms with Gasteiger partial charge in [-0.2, -0.15) is 0 Å². The average molecular weight is 233 g/mol. The van der Waals surface area contributed by atoms with Crippen molar-refractivity contribution in [2.75, 3.05) is 11.4 Å². The highest BCUT2D eigenvalue weighted by Gasteiger charge is 2.25. The molecule has 0 spiro atoms. The van der Waals surface area contributed by atoms with Gasteiger partial charge in [-0.3, -0.25) is 0 Å². The van der Waals surface area contributed by atoms with Crippen molar-refractivity contribution < 1.29 is 0 Å². The molecule has 1 heteroatoms. The molecule has 0 amide bonds. The van der Waals surface area contributed by atoms with Crippen molar-refractivity contribution >= 4 is 5.69 Å². The van der Waals surface area contributed by atoms with Gasteiger partial charge in [-0.1, -0.05) is 48.2 Å². The molecule has 0 bridgehead atoms. The lowest BCUT2D eigenvalue weighted by Crippen LogP contribution is -2.46. The largest absolute Gasteiger partial charge is 0.357 e. The number of hydrogen-bond acceptors (Lipinski definition) is 1. The zero-order valence-electron chi connectivity index (χ0n) is 10.2. The van der Waals surface area contributed by atoms with Crippen LogP contribution in [0.5, 0.6) is 0 Å². The molecule has 1 heterocycles. The number of para-hydroxylation sites is 1. The summed E-state index contributed by atoms with van der Waals surface area (Å²) in [6, 6.07) is 21.1. The first-order chi connectivity index (χ1) is 8.93. The number of rotatable bonds is 1. The minimum atomic E-state index is 0.368. The van der Waals surface area contributed by atoms with Crippen LogP contribution in [0.25, 0.3) is 0 Å². The Morgan fingerprint density at radius 3 is 2.17 bits per heavy atom. The molecule has 1 nitrogen and oxygen atoms in total. The van der Waals surface area contributed by atoms with E-state index in [1.54, 1.807) is 0 Å². The predicted octanol–water partition coefficient (Wildman–Crippen LogP) is 3.32. The van der Waals surface area contributed by atoms with Gasteiger partial charge >= 0.3 is 0 Å². The van der Waals surface area contributed by atoms with Gasteiger partial charge in [0.1, 0.15) is 0 Å². The zero-order chi connectivity index (χ0) is 12.2. The third kappa shape index (κ3) is 2.24. The summed E-state index contributed by atoms with van der Waals surface area (Å²) in [4.78, 5) is 2.36. The molecule has 2 aromatic carbocycles. The van der Waals surface area contributed by atoms with E-state index in [-0.39, 0.29) is 0 Å². The van der Waals surface area contributed by atoms with Crippen molar-refractivity contribution in [3.8, 4) is 11.8 Å². The van der Waals surface area contributed by atoms with E-state index < -0.39 is 0 Å². The summed E-state index contributed by atoms with van der Waals surface area (Å²) in [5.74, 6) is 6.61. The minimum absolute atomic E-state index is 0.368. The molecule has 0 aromatic heterocycles. The fourth-order valence-corrected chi connectivity index (χ4v) is 2.15. The van der Waals surface area contributed by atoms with Crippen molar-refractivity contribution in [2.24, 2.45) is 0 Å². The van der Waals surface area contributed by atoms with Gasteiger partial charge in [0.05, 0.1) is 6.04 Å². The Bertz CT molecular complexity index is 563. The first-order valence-electron chi connectivity index (χ1n) is 6.32. The molecule has 0 radical (unpaired) electrons. The average Bonchev–Trinajstić information content (AvgIpc) is 2.40. The lowest BCUT2D eigenvalue weighted by atomic mass is 10.0. The van der Waals surface area contributed by atoms with Gasteiger partial charge in [0, 0.05) is 17.8 Å². The number of anilines is 1. The maximum Gasteiger partial charge on any atom is 0.0924 e. The molecule has 2 aromatic rings. The van der Waals surface area contributed by atoms with E-state index in [9.17, 15) is 0 Å². The molecular weight excluding hydrogens is 218 g/mol. The Kier molecular flexibility index (Phi) is 3.02. The fraction of sp³-hybridized carbons (Fsp3) is 0.176. The van der Waals surface area contributed by atoms with Crippen LogP contribution in [0, 0.1) is 11.8 Å². The van der Waals surface area contributed by atoms with E-state index in [2.05, 4.69) is 53.1 Å². The summed E-state index contributed by atoms with van der Waals surface area (Å²) in [5.41, 5.74) is 2.37. The minimum Gasteiger partial charge on any atom is -0.357 e. The molecule has 1 aliphatic heterocycles. The highest BCUT2D eigenvalue weighted by atomic mass is 15.2. The third-order valence-electron chi connectivity index (χ3n) is 3.26. The Labute approximate surface area is 108 Å². The summed E-state index contributed by atoms with van der Waals surface area (Å²) < 4.78 is 0. The van der Waals surface area contributed by atoms with Crippen molar-refractivity contribution in [3.05, 3.63) is 66.2 Å². The second-order valence-corrected chi connectivity index (χ2v) is 4.47. The Hall–Kier alpha value is -2.20. The van der Waals surface area contributed by atoms with Gasteiger partial charge in [-0.05, 0) is 30.7 Å². The lowest BCUT2D eigenvalue weighted by molar-refractivity contribution is 0.535. The first kappa shape index (κ1) is 10.9. The van der Waals surface area contributed by atoms with E-state index in [0.29, 0.717) is 6.04 Å². The number of hydrogen-bond donors (Lipinski definition) is 0. The number of nitrogens with zero attached hydrogens (tertiary/aromatic N) is 1. The van der Waals surface area contributed by atoms with Crippen molar-refractivity contribution in [3.63, 3.8) is 0 Å². The standard InChI is InChI=1S/C17H15N/c1-3-7-15(8-4-1)11-12-17-13-14-18(17)16-9-5-2-6-10-16/h1-10,17H,13-14H2. The van der Waals surface area contributed by atoms with Crippen molar-refractivity contribution in [1.29, 1.82) is 0 Å². The maximum atomic E-state index is 3.36. The number of benzene rings is 2. The van der Waals surface area contributed by atoms with E-state index in [0.717, 1.165) is 18.5 Å². The van der Waals surface area contributed by atoms with E-state index in [1.165, 1.54) is 5.69 Å². The summed E-state index contributed by atoms with van der Waals surface area (Å²) in [7, 11) is 0. The summed E-state index contributed by atoms with van der Waals surface area (Å²) >= 11 is 0. The Morgan fingerprint density at radius 2 is 1.56 bits per heavy atom. The van der Waals surface area contributed by atoms with Gasteiger partial charge in [0.25, 0.3) is 0 Å². The molecule has 88 valence electrons. The molecule has 18 heavy (non-hydrogen) atoms. The van der Waals surface area contributed by atoms with Gasteiger partial charge in [0.2, 0.25) is 0 Å². The highest BCUT2D eigenvalue weighted by Crippen LogP contribution is 2.25. The van der Waals surface area contributed by atoms with Crippen LogP contribution in [0.2, 0.25) is 0 Å². The van der Waals surface area contributed by atoms with Crippen LogP contribution in [0.4, 0.5) is 5.69 Å². The highest BCUT2D eigenvalue weighted by molar-refractivity contribution is 5.52. The normalized spacial score (nSPS) is 17.6. The maximum absolute atomic E-state index is 3.36. The summed E-state index contributed by atoms with van der Waals surface area (Å²) in [6.45, 7) is 1.11. The van der Waals surface area contributed by atoms with Crippen LogP contribution >= 0.6 is 0 Å². The van der Waals surface area contributed by atoms with Crippen molar-refractivity contribution in [1.82, 2.24) is 0 Å². The molecular formula is C17H15N. The molecule has 1 aliphatic rings. The molecule has 0 saturated carbocycles. The van der Waals surface area contributed by atoms with Crippen LogP contribution < -0.4 is 4.90 Å². The topological polar surface area (TPSA) is 3.24 Å². The smallest absolute Gasteiger partial charge is 0.0924 e. The molecule has 1 unspecified atom stereocenters. The van der Waals surface area contributed by atoms with Gasteiger partial charge < -0.3 is 4.90 Å². The third-order valence-corrected chi connectivity index (χ3v) is 3.26. The molecule has 1 fully saturated rings. The molecule has 0 aliphatic carbocycles. The van der Waals surface area contributed by atoms with Crippen LogP contribution in [-0.2, 0) is 0 Å². The van der Waals surface area contributed by atoms with Crippen LogP contribution in [0.3, 0.4) is 0 Å². The van der Waals surface area contributed by atoms with Gasteiger partial charge in [-0.25, -0.2) is 0 Å². The fourth-order valence-electron chi connectivity index (χ4n) is 2.15. The summed E-state index contributed by atoms with van der Waals surface area (Å²) in [6.07, 6.45) is 1.16. The van der Waals surface area contributed by atoms with Gasteiger partial charge in [0.15, 0.2) is 0 Å². The van der Waals surface area contributed by atoms with E-state index in [1.807, 2.05) is 24.3 Å². The molecule has 1 atom stereocenters. The van der Waals surface area contributed by atoms with Gasteiger partial charge in [-0.15, -0.1) is 0 Å². The SMILES string of the molecule is C(#CC1CCN1c1ccccc1)c1ccccc1. The van der Waals surface area contributed by atoms with Crippen LogP contribution in [0.1, 0.15) is 12.0 Å². The Morgan fingerprint density at radius 1 is 0.889 bits per heavy atom.